The molecule has 1 aliphatic rings. The number of hydrazone groups is 1. The average Bonchev–Trinajstić information content (AvgIpc) is 3.14. The molecule has 3 aromatic rings. The minimum absolute atomic E-state index is 0.0781. The number of hydrogen-bond donors (Lipinski definition) is 0. The predicted octanol–water partition coefficient (Wildman–Crippen LogP) is 5.75. The largest absolute Gasteiger partial charge is 0.274 e. The first-order chi connectivity index (χ1) is 13.1. The van der Waals surface area contributed by atoms with E-state index in [1.54, 1.807) is 5.01 Å². The molecule has 0 aromatic heterocycles. The molecule has 27 heavy (non-hydrogen) atoms. The van der Waals surface area contributed by atoms with Gasteiger partial charge in [0.15, 0.2) is 0 Å². The van der Waals surface area contributed by atoms with Crippen molar-refractivity contribution in [3.05, 3.63) is 106 Å². The molecule has 0 bridgehead atoms. The van der Waals surface area contributed by atoms with E-state index >= 15 is 0 Å². The zero-order valence-electron chi connectivity index (χ0n) is 15.0. The third-order valence-corrected chi connectivity index (χ3v) is 5.31. The minimum atomic E-state index is -0.109. The molecule has 0 saturated heterocycles. The van der Waals surface area contributed by atoms with Crippen LogP contribution in [0, 0.1) is 6.92 Å². The van der Waals surface area contributed by atoms with Crippen molar-refractivity contribution in [3.63, 3.8) is 0 Å². The Morgan fingerprint density at radius 1 is 0.963 bits per heavy atom. The number of carbonyl (C=O) groups excluding carboxylic acids is 1. The molecule has 1 aliphatic heterocycles. The van der Waals surface area contributed by atoms with Gasteiger partial charge in [-0.3, -0.25) is 4.79 Å². The molecule has 3 nitrogen and oxygen atoms in total. The fraction of sp³-hybridized carbons (Fsp3) is 0.130. The number of carbonyl (C=O) groups is 1. The van der Waals surface area contributed by atoms with Crippen molar-refractivity contribution in [2.75, 3.05) is 0 Å². The Balaban J connectivity index is 1.72. The topological polar surface area (TPSA) is 32.7 Å². The summed E-state index contributed by atoms with van der Waals surface area (Å²) in [6, 6.07) is 25.6. The van der Waals surface area contributed by atoms with Gasteiger partial charge in [-0.25, -0.2) is 5.01 Å². The van der Waals surface area contributed by atoms with Gasteiger partial charge in [0, 0.05) is 16.5 Å². The summed E-state index contributed by atoms with van der Waals surface area (Å²) in [4.78, 5) is 13.1. The number of nitrogens with zero attached hydrogens (tertiary/aromatic N) is 2. The highest BCUT2D eigenvalue weighted by molar-refractivity contribution is 9.10. The van der Waals surface area contributed by atoms with E-state index in [1.165, 1.54) is 5.56 Å². The summed E-state index contributed by atoms with van der Waals surface area (Å²) in [5.74, 6) is -0.0781. The molecular weight excluding hydrogens is 400 g/mol. The van der Waals surface area contributed by atoms with Crippen LogP contribution in [0.1, 0.15) is 39.5 Å². The number of aryl methyl sites for hydroxylation is 1. The van der Waals surface area contributed by atoms with E-state index in [2.05, 4.69) is 47.1 Å². The predicted molar refractivity (Wildman–Crippen MR) is 112 cm³/mol. The van der Waals surface area contributed by atoms with Gasteiger partial charge in [-0.1, -0.05) is 76.1 Å². The van der Waals surface area contributed by atoms with E-state index < -0.39 is 0 Å². The van der Waals surface area contributed by atoms with Crippen molar-refractivity contribution in [3.8, 4) is 0 Å². The smallest absolute Gasteiger partial charge is 0.267 e. The number of benzene rings is 3. The van der Waals surface area contributed by atoms with Crippen LogP contribution in [0.4, 0.5) is 0 Å². The lowest BCUT2D eigenvalue weighted by molar-refractivity contribution is 0.0711. The van der Waals surface area contributed by atoms with E-state index in [4.69, 9.17) is 5.10 Å². The third kappa shape index (κ3) is 3.71. The highest BCUT2D eigenvalue weighted by atomic mass is 79.9. The zero-order chi connectivity index (χ0) is 18.8. The van der Waals surface area contributed by atoms with Gasteiger partial charge in [-0.2, -0.15) is 5.10 Å². The minimum Gasteiger partial charge on any atom is -0.267 e. The second kappa shape index (κ2) is 7.49. The second-order valence-corrected chi connectivity index (χ2v) is 7.62. The van der Waals surface area contributed by atoms with E-state index in [1.807, 2.05) is 54.6 Å². The summed E-state index contributed by atoms with van der Waals surface area (Å²) in [7, 11) is 0. The molecule has 0 spiro atoms. The van der Waals surface area contributed by atoms with Crippen molar-refractivity contribution in [2.24, 2.45) is 5.10 Å². The van der Waals surface area contributed by atoms with Crippen molar-refractivity contribution >= 4 is 27.5 Å². The number of amides is 1. The molecule has 0 fully saturated rings. The molecule has 0 radical (unpaired) electrons. The van der Waals surface area contributed by atoms with E-state index in [0.717, 1.165) is 21.3 Å². The van der Waals surface area contributed by atoms with Crippen LogP contribution in [0.5, 0.6) is 0 Å². The molecule has 0 unspecified atom stereocenters. The molecule has 1 atom stereocenters. The van der Waals surface area contributed by atoms with Gasteiger partial charge in [0.2, 0.25) is 0 Å². The molecule has 0 saturated carbocycles. The van der Waals surface area contributed by atoms with Crippen LogP contribution in [0.3, 0.4) is 0 Å². The maximum absolute atomic E-state index is 13.1. The normalized spacial score (nSPS) is 16.3. The number of hydrogen-bond acceptors (Lipinski definition) is 2. The lowest BCUT2D eigenvalue weighted by Gasteiger charge is -2.22. The van der Waals surface area contributed by atoms with Crippen LogP contribution in [-0.2, 0) is 0 Å². The Morgan fingerprint density at radius 3 is 2.30 bits per heavy atom. The standard InChI is InChI=1S/C23H19BrN2O/c1-16-7-9-17(10-8-16)21-15-22(18-11-13-20(24)14-12-18)26(25-21)23(27)19-5-3-2-4-6-19/h2-14,22H,15H2,1H3/t22-/m0/s1. The summed E-state index contributed by atoms with van der Waals surface area (Å²) in [6.45, 7) is 2.07. The summed E-state index contributed by atoms with van der Waals surface area (Å²) < 4.78 is 1.02. The van der Waals surface area contributed by atoms with Crippen molar-refractivity contribution in [1.82, 2.24) is 5.01 Å². The number of rotatable bonds is 3. The summed E-state index contributed by atoms with van der Waals surface area (Å²) in [5, 5.41) is 6.37. The average molecular weight is 419 g/mol. The molecule has 0 aliphatic carbocycles. The van der Waals surface area contributed by atoms with Gasteiger partial charge in [-0.15, -0.1) is 0 Å². The molecule has 3 aromatic carbocycles. The second-order valence-electron chi connectivity index (χ2n) is 6.70. The fourth-order valence-electron chi connectivity index (χ4n) is 3.28. The van der Waals surface area contributed by atoms with Crippen LogP contribution in [0.15, 0.2) is 88.4 Å². The summed E-state index contributed by atoms with van der Waals surface area (Å²) >= 11 is 3.48. The van der Waals surface area contributed by atoms with Crippen molar-refractivity contribution in [2.45, 2.75) is 19.4 Å². The van der Waals surface area contributed by atoms with Gasteiger partial charge < -0.3 is 0 Å². The van der Waals surface area contributed by atoms with E-state index in [9.17, 15) is 4.79 Å². The maximum Gasteiger partial charge on any atom is 0.274 e. The molecule has 4 rings (SSSR count). The van der Waals surface area contributed by atoms with Gasteiger partial charge in [0.05, 0.1) is 11.8 Å². The quantitative estimate of drug-likeness (QED) is 0.532. The Bertz CT molecular complexity index is 979. The zero-order valence-corrected chi connectivity index (χ0v) is 16.6. The van der Waals surface area contributed by atoms with Crippen LogP contribution >= 0.6 is 15.9 Å². The molecular formula is C23H19BrN2O. The first kappa shape index (κ1) is 17.7. The first-order valence-corrected chi connectivity index (χ1v) is 9.70. The Hall–Kier alpha value is -2.72. The van der Waals surface area contributed by atoms with Crippen LogP contribution in [0.2, 0.25) is 0 Å². The highest BCUT2D eigenvalue weighted by Crippen LogP contribution is 2.34. The van der Waals surface area contributed by atoms with E-state index in [-0.39, 0.29) is 11.9 Å². The lowest BCUT2D eigenvalue weighted by Crippen LogP contribution is -2.27. The summed E-state index contributed by atoms with van der Waals surface area (Å²) in [5.41, 5.74) is 4.93. The molecule has 4 heteroatoms. The van der Waals surface area contributed by atoms with Crippen molar-refractivity contribution in [1.29, 1.82) is 0 Å². The lowest BCUT2D eigenvalue weighted by atomic mass is 9.98. The van der Waals surface area contributed by atoms with Gasteiger partial charge in [0.1, 0.15) is 0 Å². The molecule has 134 valence electrons. The van der Waals surface area contributed by atoms with Gasteiger partial charge in [-0.05, 0) is 42.3 Å². The highest BCUT2D eigenvalue weighted by Gasteiger charge is 2.33. The molecule has 1 amide bonds. The fourth-order valence-corrected chi connectivity index (χ4v) is 3.54. The van der Waals surface area contributed by atoms with Gasteiger partial charge >= 0.3 is 0 Å². The van der Waals surface area contributed by atoms with Crippen LogP contribution < -0.4 is 0 Å². The Kier molecular flexibility index (Phi) is 4.90. The van der Waals surface area contributed by atoms with Crippen LogP contribution in [0.25, 0.3) is 0 Å². The first-order valence-electron chi connectivity index (χ1n) is 8.90. The number of halogens is 1. The molecule has 0 N–H and O–H groups in total. The SMILES string of the molecule is Cc1ccc(C2=NN(C(=O)c3ccccc3)[C@H](c3ccc(Br)cc3)C2)cc1. The van der Waals surface area contributed by atoms with Crippen molar-refractivity contribution < 1.29 is 4.79 Å². The molecule has 1 heterocycles. The summed E-state index contributed by atoms with van der Waals surface area (Å²) in [6.07, 6.45) is 0.698. The van der Waals surface area contributed by atoms with Gasteiger partial charge in [0.25, 0.3) is 5.91 Å². The third-order valence-electron chi connectivity index (χ3n) is 4.78. The van der Waals surface area contributed by atoms with E-state index in [0.29, 0.717) is 12.0 Å². The van der Waals surface area contributed by atoms with Crippen LogP contribution in [-0.4, -0.2) is 16.6 Å². The Morgan fingerprint density at radius 2 is 1.63 bits per heavy atom. The Labute approximate surface area is 167 Å². The monoisotopic (exact) mass is 418 g/mol. The maximum atomic E-state index is 13.1.